The molecule has 2 saturated heterocycles. The molecule has 12 nitrogen and oxygen atoms in total. The summed E-state index contributed by atoms with van der Waals surface area (Å²) in [6.45, 7) is 0.733. The number of rotatable bonds is 12. The maximum absolute atomic E-state index is 13.8. The number of amides is 1. The normalized spacial score (nSPS) is 19.4. The second-order valence-electron chi connectivity index (χ2n) is 9.52. The zero-order valence-corrected chi connectivity index (χ0v) is 23.1. The molecule has 2 fully saturated rings. The van der Waals surface area contributed by atoms with Gasteiger partial charge in [-0.1, -0.05) is 42.5 Å². The van der Waals surface area contributed by atoms with E-state index in [1.165, 1.54) is 13.2 Å². The molecule has 40 heavy (non-hydrogen) atoms. The lowest BCUT2D eigenvalue weighted by molar-refractivity contribution is -0.151. The Hall–Kier alpha value is -2.78. The molecular formula is C27H36N2O10S. The lowest BCUT2D eigenvalue weighted by atomic mass is 10.0. The first-order chi connectivity index (χ1) is 19.3. The Morgan fingerprint density at radius 2 is 1.73 bits per heavy atom. The van der Waals surface area contributed by atoms with Crippen LogP contribution in [0.1, 0.15) is 18.4 Å². The molecular weight excluding hydrogens is 544 g/mol. The Labute approximate surface area is 233 Å². The van der Waals surface area contributed by atoms with E-state index in [1.54, 1.807) is 18.2 Å². The van der Waals surface area contributed by atoms with Crippen molar-refractivity contribution in [1.29, 1.82) is 0 Å². The van der Waals surface area contributed by atoms with E-state index in [0.717, 1.165) is 5.56 Å². The van der Waals surface area contributed by atoms with Crippen LogP contribution in [0, 0.1) is 0 Å². The van der Waals surface area contributed by atoms with Crippen molar-refractivity contribution in [2.24, 2.45) is 0 Å². The monoisotopic (exact) mass is 580 g/mol. The topological polar surface area (TPSA) is 151 Å². The van der Waals surface area contributed by atoms with Gasteiger partial charge in [0.25, 0.3) is 0 Å². The first kappa shape index (κ1) is 30.2. The summed E-state index contributed by atoms with van der Waals surface area (Å²) in [7, 11) is -2.65. The van der Waals surface area contributed by atoms with Crippen molar-refractivity contribution < 1.29 is 46.8 Å². The number of hydrogen-bond acceptors (Lipinski definition) is 11. The van der Waals surface area contributed by atoms with Gasteiger partial charge in [-0.3, -0.25) is 4.84 Å². The largest absolute Gasteiger partial charge is 0.495 e. The van der Waals surface area contributed by atoms with Gasteiger partial charge in [0, 0.05) is 19.4 Å². The van der Waals surface area contributed by atoms with Crippen molar-refractivity contribution in [3.63, 3.8) is 0 Å². The third-order valence-electron chi connectivity index (χ3n) is 6.77. The van der Waals surface area contributed by atoms with E-state index in [0.29, 0.717) is 0 Å². The fourth-order valence-corrected chi connectivity index (χ4v) is 6.52. The van der Waals surface area contributed by atoms with Crippen LogP contribution in [0.15, 0.2) is 59.5 Å². The highest BCUT2D eigenvalue weighted by Gasteiger charge is 2.49. The zero-order valence-electron chi connectivity index (χ0n) is 22.3. The van der Waals surface area contributed by atoms with Crippen molar-refractivity contribution in [3.05, 3.63) is 60.2 Å². The predicted molar refractivity (Wildman–Crippen MR) is 142 cm³/mol. The minimum atomic E-state index is -4.05. The average molecular weight is 581 g/mol. The Bertz CT molecular complexity index is 1180. The number of benzene rings is 2. The Kier molecular flexibility index (Phi) is 10.7. The second-order valence-corrected chi connectivity index (χ2v) is 11.7. The van der Waals surface area contributed by atoms with Gasteiger partial charge in [-0.2, -0.15) is 5.48 Å². The summed E-state index contributed by atoms with van der Waals surface area (Å²) in [5.74, 6) is 0.205. The van der Waals surface area contributed by atoms with Crippen molar-refractivity contribution >= 4 is 15.9 Å². The van der Waals surface area contributed by atoms with Crippen molar-refractivity contribution in [3.8, 4) is 5.75 Å². The first-order valence-electron chi connectivity index (χ1n) is 13.1. The zero-order chi connectivity index (χ0) is 28.4. The summed E-state index contributed by atoms with van der Waals surface area (Å²) in [6, 6.07) is 14.9. The summed E-state index contributed by atoms with van der Waals surface area (Å²) in [5.41, 5.74) is 3.54. The lowest BCUT2D eigenvalue weighted by Gasteiger charge is -2.36. The van der Waals surface area contributed by atoms with E-state index >= 15 is 0 Å². The molecule has 3 N–H and O–H groups in total. The van der Waals surface area contributed by atoms with Gasteiger partial charge in [-0.25, -0.2) is 13.2 Å². The molecule has 1 amide bonds. The van der Waals surface area contributed by atoms with E-state index in [4.69, 9.17) is 28.5 Å². The summed E-state index contributed by atoms with van der Waals surface area (Å²) in [4.78, 5) is 16.9. The van der Waals surface area contributed by atoms with Gasteiger partial charge in [0.15, 0.2) is 11.0 Å². The maximum atomic E-state index is 13.8. The van der Waals surface area contributed by atoms with Crippen LogP contribution in [0.25, 0.3) is 0 Å². The number of sulfone groups is 1. The van der Waals surface area contributed by atoms with E-state index in [2.05, 4.69) is 10.8 Å². The number of carbonyl (C=O) groups is 1. The molecule has 2 aliphatic rings. The fraction of sp³-hybridized carbons (Fsp3) is 0.519. The van der Waals surface area contributed by atoms with Crippen LogP contribution in [0.5, 0.6) is 5.75 Å². The Balaban J connectivity index is 1.45. The predicted octanol–water partition coefficient (Wildman–Crippen LogP) is 1.57. The molecule has 2 heterocycles. The minimum absolute atomic E-state index is 0.00351. The highest BCUT2D eigenvalue weighted by atomic mass is 32.2. The number of ether oxygens (including phenoxy) is 5. The number of aliphatic hydroxyl groups excluding tert-OH is 1. The summed E-state index contributed by atoms with van der Waals surface area (Å²) in [5, 5.41) is 13.8. The minimum Gasteiger partial charge on any atom is -0.495 e. The van der Waals surface area contributed by atoms with Crippen LogP contribution in [0.2, 0.25) is 0 Å². The number of hydrogen-bond donors (Lipinski definition) is 3. The van der Waals surface area contributed by atoms with Gasteiger partial charge in [-0.15, -0.1) is 0 Å². The SMILES string of the molecule is COc1ccccc1S(=O)(=O)C1(ONC[C@@H](O)[C@H](Cc2ccccc2)NC(=O)OC2COCOC2)CCOCC1. The summed E-state index contributed by atoms with van der Waals surface area (Å²) >= 11 is 0. The van der Waals surface area contributed by atoms with Gasteiger partial charge in [0.1, 0.15) is 17.4 Å². The standard InChI is InChI=1S/C27H36N2O10S/c1-34-24-9-5-6-10-25(24)40(32,33)27(11-13-35-14-12-27)39-28-16-23(30)22(15-20-7-3-2-4-8-20)29-26(31)38-21-17-36-19-37-18-21/h2-10,21-23,28,30H,11-19H2,1H3,(H,29,31)/t22-,23+/m0/s1. The van der Waals surface area contributed by atoms with Gasteiger partial charge >= 0.3 is 6.09 Å². The van der Waals surface area contributed by atoms with Crippen LogP contribution in [-0.4, -0.2) is 89.7 Å². The Morgan fingerprint density at radius 3 is 2.42 bits per heavy atom. The average Bonchev–Trinajstić information content (AvgIpc) is 2.98. The molecule has 2 atom stereocenters. The van der Waals surface area contributed by atoms with Crippen molar-refractivity contribution in [1.82, 2.24) is 10.8 Å². The summed E-state index contributed by atoms with van der Waals surface area (Å²) < 4.78 is 54.0. The number of aliphatic hydroxyl groups is 1. The quantitative estimate of drug-likeness (QED) is 0.314. The highest BCUT2D eigenvalue weighted by Crippen LogP contribution is 2.38. The van der Waals surface area contributed by atoms with Crippen LogP contribution in [0.4, 0.5) is 4.79 Å². The van der Waals surface area contributed by atoms with Gasteiger partial charge in [0.05, 0.1) is 45.7 Å². The molecule has 0 aliphatic carbocycles. The van der Waals surface area contributed by atoms with Crippen molar-refractivity contribution in [2.45, 2.75) is 47.3 Å². The van der Waals surface area contributed by atoms with E-state index in [-0.39, 0.29) is 69.7 Å². The molecule has 0 saturated carbocycles. The van der Waals surface area contributed by atoms with Crippen LogP contribution < -0.4 is 15.5 Å². The first-order valence-corrected chi connectivity index (χ1v) is 14.5. The molecule has 0 spiro atoms. The molecule has 2 aromatic carbocycles. The molecule has 220 valence electrons. The van der Waals surface area contributed by atoms with E-state index in [1.807, 2.05) is 30.3 Å². The molecule has 0 aromatic heterocycles. The van der Waals surface area contributed by atoms with E-state index in [9.17, 15) is 18.3 Å². The van der Waals surface area contributed by atoms with Crippen LogP contribution in [0.3, 0.4) is 0 Å². The van der Waals surface area contributed by atoms with Crippen LogP contribution in [-0.2, 0) is 40.0 Å². The molecule has 13 heteroatoms. The van der Waals surface area contributed by atoms with Gasteiger partial charge in [0.2, 0.25) is 9.84 Å². The third kappa shape index (κ3) is 7.49. The smallest absolute Gasteiger partial charge is 0.407 e. The van der Waals surface area contributed by atoms with Crippen LogP contribution >= 0.6 is 0 Å². The number of carbonyl (C=O) groups excluding carboxylic acids is 1. The number of nitrogens with one attached hydrogen (secondary N) is 2. The van der Waals surface area contributed by atoms with Crippen molar-refractivity contribution in [2.75, 3.05) is 46.9 Å². The lowest BCUT2D eigenvalue weighted by Crippen LogP contribution is -2.53. The fourth-order valence-electron chi connectivity index (χ4n) is 4.57. The number of alkyl carbamates (subject to hydrolysis) is 1. The second kappa shape index (κ2) is 14.2. The van der Waals surface area contributed by atoms with E-state index < -0.39 is 39.1 Å². The third-order valence-corrected chi connectivity index (χ3v) is 9.15. The maximum Gasteiger partial charge on any atom is 0.407 e. The number of para-hydroxylation sites is 1. The molecule has 0 unspecified atom stereocenters. The molecule has 0 radical (unpaired) electrons. The van der Waals surface area contributed by atoms with Gasteiger partial charge in [-0.05, 0) is 24.1 Å². The molecule has 0 bridgehead atoms. The molecule has 2 aliphatic heterocycles. The highest BCUT2D eigenvalue weighted by molar-refractivity contribution is 7.92. The number of hydroxylamine groups is 1. The molecule has 4 rings (SSSR count). The van der Waals surface area contributed by atoms with Gasteiger partial charge < -0.3 is 34.1 Å². The molecule has 2 aromatic rings. The number of methoxy groups -OCH3 is 1. The Morgan fingerprint density at radius 1 is 1.05 bits per heavy atom. The summed E-state index contributed by atoms with van der Waals surface area (Å²) in [6.07, 6.45) is -2.05.